The molecule has 1 aromatic heterocycles. The lowest BCUT2D eigenvalue weighted by Gasteiger charge is -2.05. The Balaban J connectivity index is 1.99. The number of hydrogen-bond donors (Lipinski definition) is 0. The molecule has 2 nitrogen and oxygen atoms in total. The van der Waals surface area contributed by atoms with Crippen LogP contribution in [0.1, 0.15) is 18.4 Å². The van der Waals surface area contributed by atoms with E-state index < -0.39 is 0 Å². The normalized spacial score (nSPS) is 15.6. The van der Waals surface area contributed by atoms with E-state index in [1.54, 1.807) is 0 Å². The van der Waals surface area contributed by atoms with Crippen LogP contribution in [-0.4, -0.2) is 11.6 Å². The van der Waals surface area contributed by atoms with Gasteiger partial charge in [-0.2, -0.15) is 0 Å². The molecule has 0 aliphatic heterocycles. The van der Waals surface area contributed by atoms with Crippen molar-refractivity contribution in [2.45, 2.75) is 18.2 Å². The van der Waals surface area contributed by atoms with Gasteiger partial charge in [-0.15, -0.1) is 0 Å². The largest absolute Gasteiger partial charge is 0.477 e. The molecule has 0 radical (unpaired) electrons. The van der Waals surface area contributed by atoms with E-state index in [4.69, 9.17) is 4.74 Å². The van der Waals surface area contributed by atoms with Gasteiger partial charge in [-0.1, -0.05) is 15.9 Å². The van der Waals surface area contributed by atoms with E-state index in [1.807, 2.05) is 0 Å². The molecule has 2 rings (SSSR count). The summed E-state index contributed by atoms with van der Waals surface area (Å²) in [6, 6.07) is 1.35. The van der Waals surface area contributed by atoms with Crippen molar-refractivity contribution in [1.82, 2.24) is 4.98 Å². The maximum Gasteiger partial charge on any atom is 0.216 e. The minimum atomic E-state index is -0.261. The fourth-order valence-corrected chi connectivity index (χ4v) is 1.52. The summed E-state index contributed by atoms with van der Waals surface area (Å²) in [5.41, 5.74) is 0.559. The predicted molar refractivity (Wildman–Crippen MR) is 55.0 cm³/mol. The first-order valence-electron chi connectivity index (χ1n) is 4.63. The fourth-order valence-electron chi connectivity index (χ4n) is 1.11. The van der Waals surface area contributed by atoms with Crippen molar-refractivity contribution in [3.05, 3.63) is 23.6 Å². The van der Waals surface area contributed by atoms with Crippen LogP contribution in [0.3, 0.4) is 0 Å². The Hall–Kier alpha value is -0.640. The quantitative estimate of drug-likeness (QED) is 0.776. The SMILES string of the molecule is Fc1cc(OCC2CC2)ncc1CBr. The van der Waals surface area contributed by atoms with Crippen molar-refractivity contribution in [2.24, 2.45) is 5.92 Å². The molecule has 0 N–H and O–H groups in total. The molecule has 14 heavy (non-hydrogen) atoms. The van der Waals surface area contributed by atoms with Crippen molar-refractivity contribution in [1.29, 1.82) is 0 Å². The molecule has 0 bridgehead atoms. The Morgan fingerprint density at radius 3 is 2.93 bits per heavy atom. The lowest BCUT2D eigenvalue weighted by atomic mass is 10.3. The van der Waals surface area contributed by atoms with Crippen molar-refractivity contribution < 1.29 is 9.13 Å². The molecule has 1 heterocycles. The van der Waals surface area contributed by atoms with Gasteiger partial charge in [0.15, 0.2) is 0 Å². The zero-order valence-corrected chi connectivity index (χ0v) is 9.26. The summed E-state index contributed by atoms with van der Waals surface area (Å²) in [6.45, 7) is 0.667. The maximum atomic E-state index is 13.2. The monoisotopic (exact) mass is 259 g/mol. The standard InChI is InChI=1S/C10H11BrFNO/c11-4-8-5-13-10(3-9(8)12)14-6-7-1-2-7/h3,5,7H,1-2,4,6H2. The molecule has 1 aromatic rings. The molecule has 0 spiro atoms. The average molecular weight is 260 g/mol. The van der Waals surface area contributed by atoms with Crippen LogP contribution in [0.25, 0.3) is 0 Å². The van der Waals surface area contributed by atoms with E-state index in [0.717, 1.165) is 0 Å². The van der Waals surface area contributed by atoms with Crippen molar-refractivity contribution in [3.8, 4) is 5.88 Å². The third kappa shape index (κ3) is 2.44. The lowest BCUT2D eigenvalue weighted by Crippen LogP contribution is -2.01. The number of halogens is 2. The molecule has 0 aromatic carbocycles. The second-order valence-corrected chi connectivity index (χ2v) is 4.06. The topological polar surface area (TPSA) is 22.1 Å². The summed E-state index contributed by atoms with van der Waals surface area (Å²) in [7, 11) is 0. The molecule has 1 fully saturated rings. The third-order valence-electron chi connectivity index (χ3n) is 2.21. The zero-order chi connectivity index (χ0) is 9.97. The first-order chi connectivity index (χ1) is 6.79. The van der Waals surface area contributed by atoms with Crippen molar-refractivity contribution >= 4 is 15.9 Å². The van der Waals surface area contributed by atoms with Gasteiger partial charge in [0.1, 0.15) is 5.82 Å². The van der Waals surface area contributed by atoms with E-state index in [-0.39, 0.29) is 5.82 Å². The fraction of sp³-hybridized carbons (Fsp3) is 0.500. The summed E-state index contributed by atoms with van der Waals surface area (Å²) in [5.74, 6) is 0.789. The van der Waals surface area contributed by atoms with E-state index in [2.05, 4.69) is 20.9 Å². The first-order valence-corrected chi connectivity index (χ1v) is 5.75. The molecular weight excluding hydrogens is 249 g/mol. The Morgan fingerprint density at radius 1 is 1.57 bits per heavy atom. The molecule has 76 valence electrons. The van der Waals surface area contributed by atoms with E-state index >= 15 is 0 Å². The molecule has 1 saturated carbocycles. The average Bonchev–Trinajstić information content (AvgIpc) is 2.98. The summed E-state index contributed by atoms with van der Waals surface area (Å²) < 4.78 is 18.6. The van der Waals surface area contributed by atoms with Gasteiger partial charge in [-0.25, -0.2) is 9.37 Å². The predicted octanol–water partition coefficient (Wildman–Crippen LogP) is 2.90. The van der Waals surface area contributed by atoms with Crippen LogP contribution < -0.4 is 4.74 Å². The van der Waals surface area contributed by atoms with Gasteiger partial charge in [0, 0.05) is 23.2 Å². The van der Waals surface area contributed by atoms with E-state index in [1.165, 1.54) is 25.1 Å². The highest BCUT2D eigenvalue weighted by Gasteiger charge is 2.22. The van der Waals surface area contributed by atoms with Crippen molar-refractivity contribution in [2.75, 3.05) is 6.61 Å². The van der Waals surface area contributed by atoms with Crippen LogP contribution in [0, 0.1) is 11.7 Å². The van der Waals surface area contributed by atoms with Gasteiger partial charge in [0.25, 0.3) is 0 Å². The smallest absolute Gasteiger partial charge is 0.216 e. The number of hydrogen-bond acceptors (Lipinski definition) is 2. The molecule has 0 atom stereocenters. The van der Waals surface area contributed by atoms with Gasteiger partial charge in [0.05, 0.1) is 6.61 Å². The highest BCUT2D eigenvalue weighted by molar-refractivity contribution is 9.08. The van der Waals surface area contributed by atoms with Gasteiger partial charge < -0.3 is 4.74 Å². The number of pyridine rings is 1. The van der Waals surface area contributed by atoms with Crippen LogP contribution in [0.15, 0.2) is 12.3 Å². The molecular formula is C10H11BrFNO. The van der Waals surface area contributed by atoms with Gasteiger partial charge in [-0.05, 0) is 18.8 Å². The van der Waals surface area contributed by atoms with Crippen LogP contribution in [-0.2, 0) is 5.33 Å². The molecule has 1 aliphatic rings. The van der Waals surface area contributed by atoms with Gasteiger partial charge in [0.2, 0.25) is 5.88 Å². The summed E-state index contributed by atoms with van der Waals surface area (Å²) in [5, 5.41) is 0.481. The van der Waals surface area contributed by atoms with E-state index in [9.17, 15) is 4.39 Å². The van der Waals surface area contributed by atoms with Gasteiger partial charge in [-0.3, -0.25) is 0 Å². The number of alkyl halides is 1. The van der Waals surface area contributed by atoms with Crippen LogP contribution in [0.2, 0.25) is 0 Å². The molecule has 0 saturated heterocycles. The molecule has 0 unspecified atom stereocenters. The highest BCUT2D eigenvalue weighted by atomic mass is 79.9. The molecule has 4 heteroatoms. The van der Waals surface area contributed by atoms with E-state index in [0.29, 0.717) is 29.3 Å². The molecule has 1 aliphatic carbocycles. The highest BCUT2D eigenvalue weighted by Crippen LogP contribution is 2.29. The zero-order valence-electron chi connectivity index (χ0n) is 7.67. The van der Waals surface area contributed by atoms with Crippen LogP contribution in [0.5, 0.6) is 5.88 Å². The number of aromatic nitrogens is 1. The maximum absolute atomic E-state index is 13.2. The van der Waals surface area contributed by atoms with Crippen molar-refractivity contribution in [3.63, 3.8) is 0 Å². The Kier molecular flexibility index (Phi) is 3.01. The Labute approximate surface area is 90.6 Å². The summed E-state index contributed by atoms with van der Waals surface area (Å²) >= 11 is 3.18. The Morgan fingerprint density at radius 2 is 2.36 bits per heavy atom. The number of nitrogens with zero attached hydrogens (tertiary/aromatic N) is 1. The summed E-state index contributed by atoms with van der Waals surface area (Å²) in [4.78, 5) is 4.02. The second kappa shape index (κ2) is 4.26. The minimum absolute atomic E-state index is 0.261. The molecule has 0 amide bonds. The third-order valence-corrected chi connectivity index (χ3v) is 2.82. The van der Waals surface area contributed by atoms with Crippen LogP contribution in [0.4, 0.5) is 4.39 Å². The second-order valence-electron chi connectivity index (χ2n) is 3.50. The lowest BCUT2D eigenvalue weighted by molar-refractivity contribution is 0.286. The number of ether oxygens (including phenoxy) is 1. The first kappa shape index (κ1) is 9.90. The Bertz CT molecular complexity index is 328. The minimum Gasteiger partial charge on any atom is -0.477 e. The van der Waals surface area contributed by atoms with Gasteiger partial charge >= 0.3 is 0 Å². The van der Waals surface area contributed by atoms with Crippen LogP contribution >= 0.6 is 15.9 Å². The number of rotatable bonds is 4. The summed E-state index contributed by atoms with van der Waals surface area (Å²) in [6.07, 6.45) is 3.95.